The van der Waals surface area contributed by atoms with Crippen LogP contribution in [-0.2, 0) is 4.74 Å². The number of phenolic OH excluding ortho intramolecular Hbond substituents is 1. The molecule has 6 nitrogen and oxygen atoms in total. The maximum Gasteiger partial charge on any atom is 0.407 e. The Hall–Kier alpha value is -1.95. The van der Waals surface area contributed by atoms with E-state index in [1.807, 2.05) is 39.8 Å². The number of phenols is 1. The summed E-state index contributed by atoms with van der Waals surface area (Å²) in [7, 11) is 1.56. The molecule has 1 aromatic carbocycles. The number of alkyl carbamates (subject to hydrolysis) is 1. The Morgan fingerprint density at radius 3 is 2.61 bits per heavy atom. The second kappa shape index (κ2) is 6.66. The zero-order valence-corrected chi connectivity index (χ0v) is 14.3. The van der Waals surface area contributed by atoms with Gasteiger partial charge in [0.05, 0.1) is 7.11 Å². The molecule has 6 heteroatoms. The SMILES string of the molecule is COc1ccc(C(C)NC2CC2NC(=O)OC(C)(C)C)c(O)c1. The number of hydrogen-bond donors (Lipinski definition) is 3. The van der Waals surface area contributed by atoms with Gasteiger partial charge in [-0.15, -0.1) is 0 Å². The van der Waals surface area contributed by atoms with Crippen LogP contribution in [0.5, 0.6) is 11.5 Å². The highest BCUT2D eigenvalue weighted by Crippen LogP contribution is 2.31. The molecule has 1 amide bonds. The molecular formula is C17H26N2O4. The molecule has 0 radical (unpaired) electrons. The van der Waals surface area contributed by atoms with Crippen molar-refractivity contribution in [3.05, 3.63) is 23.8 Å². The molecule has 128 valence electrons. The van der Waals surface area contributed by atoms with E-state index in [-0.39, 0.29) is 23.9 Å². The van der Waals surface area contributed by atoms with Gasteiger partial charge in [-0.05, 0) is 40.2 Å². The summed E-state index contributed by atoms with van der Waals surface area (Å²) in [5.74, 6) is 0.816. The van der Waals surface area contributed by atoms with Gasteiger partial charge in [0, 0.05) is 29.8 Å². The third kappa shape index (κ3) is 5.03. The van der Waals surface area contributed by atoms with E-state index in [9.17, 15) is 9.90 Å². The van der Waals surface area contributed by atoms with E-state index in [0.717, 1.165) is 12.0 Å². The molecule has 0 aromatic heterocycles. The summed E-state index contributed by atoms with van der Waals surface area (Å²) in [5, 5.41) is 16.3. The summed E-state index contributed by atoms with van der Waals surface area (Å²) < 4.78 is 10.3. The van der Waals surface area contributed by atoms with Crippen LogP contribution in [0, 0.1) is 0 Å². The van der Waals surface area contributed by atoms with Crippen LogP contribution in [0.2, 0.25) is 0 Å². The average molecular weight is 322 g/mol. The van der Waals surface area contributed by atoms with Gasteiger partial charge in [-0.3, -0.25) is 0 Å². The monoisotopic (exact) mass is 322 g/mol. The fourth-order valence-corrected chi connectivity index (χ4v) is 2.43. The number of carbonyl (C=O) groups excluding carboxylic acids is 1. The Labute approximate surface area is 137 Å². The molecule has 0 saturated heterocycles. The van der Waals surface area contributed by atoms with Crippen molar-refractivity contribution in [1.29, 1.82) is 0 Å². The smallest absolute Gasteiger partial charge is 0.407 e. The van der Waals surface area contributed by atoms with E-state index in [2.05, 4.69) is 10.6 Å². The molecule has 0 aliphatic heterocycles. The van der Waals surface area contributed by atoms with Gasteiger partial charge in [0.1, 0.15) is 17.1 Å². The van der Waals surface area contributed by atoms with Crippen molar-refractivity contribution in [2.24, 2.45) is 0 Å². The first-order valence-electron chi connectivity index (χ1n) is 7.82. The van der Waals surface area contributed by atoms with Crippen molar-refractivity contribution < 1.29 is 19.4 Å². The summed E-state index contributed by atoms with van der Waals surface area (Å²) in [6, 6.07) is 5.46. The zero-order chi connectivity index (χ0) is 17.2. The number of carbonyl (C=O) groups is 1. The number of nitrogens with one attached hydrogen (secondary N) is 2. The Morgan fingerprint density at radius 1 is 1.35 bits per heavy atom. The molecule has 1 saturated carbocycles. The summed E-state index contributed by atoms with van der Waals surface area (Å²) in [6.07, 6.45) is 0.451. The maximum atomic E-state index is 11.7. The van der Waals surface area contributed by atoms with Crippen LogP contribution >= 0.6 is 0 Å². The molecule has 2 rings (SSSR count). The number of benzene rings is 1. The Bertz CT molecular complexity index is 568. The molecule has 3 unspecified atom stereocenters. The lowest BCUT2D eigenvalue weighted by Crippen LogP contribution is -2.37. The number of ether oxygens (including phenoxy) is 2. The van der Waals surface area contributed by atoms with Crippen LogP contribution in [0.3, 0.4) is 0 Å². The van der Waals surface area contributed by atoms with E-state index < -0.39 is 11.7 Å². The average Bonchev–Trinajstić information content (AvgIpc) is 3.13. The molecule has 1 aromatic rings. The highest BCUT2D eigenvalue weighted by Gasteiger charge is 2.40. The fraction of sp³-hybridized carbons (Fsp3) is 0.588. The summed E-state index contributed by atoms with van der Waals surface area (Å²) in [4.78, 5) is 11.7. The highest BCUT2D eigenvalue weighted by atomic mass is 16.6. The minimum absolute atomic E-state index is 0.0312. The van der Waals surface area contributed by atoms with E-state index in [1.54, 1.807) is 13.2 Å². The number of rotatable bonds is 5. The molecule has 3 N–H and O–H groups in total. The van der Waals surface area contributed by atoms with Crippen LogP contribution < -0.4 is 15.4 Å². The van der Waals surface area contributed by atoms with Gasteiger partial charge < -0.3 is 25.2 Å². The van der Waals surface area contributed by atoms with E-state index in [4.69, 9.17) is 9.47 Å². The molecule has 1 fully saturated rings. The third-order valence-electron chi connectivity index (χ3n) is 3.66. The second-order valence-corrected chi connectivity index (χ2v) is 6.91. The van der Waals surface area contributed by atoms with Crippen LogP contribution in [0.15, 0.2) is 18.2 Å². The standard InChI is InChI=1S/C17H26N2O4/c1-10(12-7-6-11(22-5)8-15(12)20)18-13-9-14(13)19-16(21)23-17(2,3)4/h6-8,10,13-14,18,20H,9H2,1-5H3,(H,19,21). The first kappa shape index (κ1) is 17.4. The van der Waals surface area contributed by atoms with Crippen LogP contribution in [-0.4, -0.2) is 36.0 Å². The van der Waals surface area contributed by atoms with Gasteiger partial charge in [0.2, 0.25) is 0 Å². The maximum absolute atomic E-state index is 11.7. The molecule has 1 aliphatic rings. The summed E-state index contributed by atoms with van der Waals surface area (Å²) in [6.45, 7) is 7.49. The predicted octanol–water partition coefficient (Wildman–Crippen LogP) is 2.72. The number of aromatic hydroxyl groups is 1. The van der Waals surface area contributed by atoms with Crippen LogP contribution in [0.4, 0.5) is 4.79 Å². The van der Waals surface area contributed by atoms with Gasteiger partial charge in [-0.1, -0.05) is 6.07 Å². The van der Waals surface area contributed by atoms with E-state index in [0.29, 0.717) is 5.75 Å². The van der Waals surface area contributed by atoms with Gasteiger partial charge in [-0.2, -0.15) is 0 Å². The summed E-state index contributed by atoms with van der Waals surface area (Å²) >= 11 is 0. The fourth-order valence-electron chi connectivity index (χ4n) is 2.43. The Balaban J connectivity index is 1.84. The molecule has 1 aliphatic carbocycles. The lowest BCUT2D eigenvalue weighted by molar-refractivity contribution is 0.0522. The van der Waals surface area contributed by atoms with Crippen LogP contribution in [0.1, 0.15) is 45.7 Å². The normalized spacial score (nSPS) is 21.4. The molecule has 0 heterocycles. The molecule has 0 spiro atoms. The minimum atomic E-state index is -0.496. The largest absolute Gasteiger partial charge is 0.507 e. The number of methoxy groups -OCH3 is 1. The number of hydrogen-bond acceptors (Lipinski definition) is 5. The van der Waals surface area contributed by atoms with Crippen molar-refractivity contribution in [3.8, 4) is 11.5 Å². The first-order chi connectivity index (χ1) is 10.7. The van der Waals surface area contributed by atoms with E-state index in [1.165, 1.54) is 0 Å². The van der Waals surface area contributed by atoms with Crippen molar-refractivity contribution in [3.63, 3.8) is 0 Å². The topological polar surface area (TPSA) is 79.8 Å². The van der Waals surface area contributed by atoms with Crippen molar-refractivity contribution >= 4 is 6.09 Å². The van der Waals surface area contributed by atoms with Crippen molar-refractivity contribution in [2.75, 3.05) is 7.11 Å². The van der Waals surface area contributed by atoms with Gasteiger partial charge in [0.25, 0.3) is 0 Å². The molecule has 0 bridgehead atoms. The van der Waals surface area contributed by atoms with Gasteiger partial charge >= 0.3 is 6.09 Å². The predicted molar refractivity (Wildman–Crippen MR) is 87.8 cm³/mol. The van der Waals surface area contributed by atoms with Gasteiger partial charge in [0.15, 0.2) is 0 Å². The van der Waals surface area contributed by atoms with Gasteiger partial charge in [-0.25, -0.2) is 4.79 Å². The Morgan fingerprint density at radius 2 is 2.04 bits per heavy atom. The van der Waals surface area contributed by atoms with E-state index >= 15 is 0 Å². The molecule has 23 heavy (non-hydrogen) atoms. The molecular weight excluding hydrogens is 296 g/mol. The minimum Gasteiger partial charge on any atom is -0.507 e. The third-order valence-corrected chi connectivity index (χ3v) is 3.66. The lowest BCUT2D eigenvalue weighted by Gasteiger charge is -2.20. The summed E-state index contributed by atoms with van der Waals surface area (Å²) in [5.41, 5.74) is 0.304. The zero-order valence-electron chi connectivity index (χ0n) is 14.3. The van der Waals surface area contributed by atoms with Crippen LogP contribution in [0.25, 0.3) is 0 Å². The quantitative estimate of drug-likeness (QED) is 0.777. The number of amides is 1. The highest BCUT2D eigenvalue weighted by molar-refractivity contribution is 5.68. The lowest BCUT2D eigenvalue weighted by atomic mass is 10.1. The Kier molecular flexibility index (Phi) is 5.04. The van der Waals surface area contributed by atoms with Crippen molar-refractivity contribution in [1.82, 2.24) is 10.6 Å². The molecule has 3 atom stereocenters. The first-order valence-corrected chi connectivity index (χ1v) is 7.82. The second-order valence-electron chi connectivity index (χ2n) is 6.91. The van der Waals surface area contributed by atoms with Crippen molar-refractivity contribution in [2.45, 2.75) is 57.8 Å².